The highest BCUT2D eigenvalue weighted by Crippen LogP contribution is 2.03. The maximum absolute atomic E-state index is 9.59. The summed E-state index contributed by atoms with van der Waals surface area (Å²) in [6.07, 6.45) is 1.55. The van der Waals surface area contributed by atoms with E-state index in [-0.39, 0.29) is 19.0 Å². The van der Waals surface area contributed by atoms with Crippen LogP contribution in [0, 0.1) is 0 Å². The lowest BCUT2D eigenvalue weighted by molar-refractivity contribution is 0.00254. The van der Waals surface area contributed by atoms with Gasteiger partial charge in [-0.1, -0.05) is 5.16 Å². The Morgan fingerprint density at radius 2 is 2.33 bits per heavy atom. The van der Waals surface area contributed by atoms with Crippen LogP contribution in [0.15, 0.2) is 23.5 Å². The minimum Gasteiger partial charge on any atom is -0.409 e. The number of hydrogen-bond donors (Lipinski definition) is 5. The number of aliphatic hydroxyl groups is 2. The molecule has 1 aromatic heterocycles. The summed E-state index contributed by atoms with van der Waals surface area (Å²) in [4.78, 5) is 3.95. The normalized spacial score (nSPS) is 15.4. The second-order valence-electron chi connectivity index (χ2n) is 4.29. The zero-order chi connectivity index (χ0) is 13.6. The molecule has 0 amide bonds. The first-order chi connectivity index (χ1) is 8.48. The highest BCUT2D eigenvalue weighted by molar-refractivity contribution is 5.95. The van der Waals surface area contributed by atoms with Crippen molar-refractivity contribution in [3.05, 3.63) is 29.6 Å². The van der Waals surface area contributed by atoms with Crippen molar-refractivity contribution in [2.45, 2.75) is 19.1 Å². The molecule has 18 heavy (non-hydrogen) atoms. The molecule has 1 aromatic rings. The first-order valence-electron chi connectivity index (χ1n) is 5.45. The van der Waals surface area contributed by atoms with E-state index in [2.05, 4.69) is 15.5 Å². The van der Waals surface area contributed by atoms with Crippen molar-refractivity contribution in [3.63, 3.8) is 0 Å². The molecule has 6 N–H and O–H groups in total. The molecular weight excluding hydrogens is 236 g/mol. The van der Waals surface area contributed by atoms with Gasteiger partial charge in [-0.2, -0.15) is 0 Å². The zero-order valence-corrected chi connectivity index (χ0v) is 10.2. The van der Waals surface area contributed by atoms with Crippen LogP contribution in [-0.2, 0) is 6.54 Å². The van der Waals surface area contributed by atoms with Gasteiger partial charge in [-0.05, 0) is 24.6 Å². The molecule has 0 saturated carbocycles. The molecule has 1 heterocycles. The molecule has 0 spiro atoms. The van der Waals surface area contributed by atoms with E-state index in [1.165, 1.54) is 6.92 Å². The molecule has 0 fully saturated rings. The number of aromatic nitrogens is 1. The standard InChI is InChI=1S/C11H18N4O3/c1-11(17,7-16)6-13-5-8-2-3-14-9(4-8)10(12)15-18/h2-4,13,16-18H,5-7H2,1H3,(H2,12,15). The Balaban J connectivity index is 2.58. The number of nitrogens with one attached hydrogen (secondary N) is 1. The largest absolute Gasteiger partial charge is 0.409 e. The molecular formula is C11H18N4O3. The van der Waals surface area contributed by atoms with Crippen LogP contribution in [0.1, 0.15) is 18.2 Å². The van der Waals surface area contributed by atoms with Crippen molar-refractivity contribution < 1.29 is 15.4 Å². The van der Waals surface area contributed by atoms with E-state index in [9.17, 15) is 5.11 Å². The second kappa shape index (κ2) is 6.29. The van der Waals surface area contributed by atoms with Gasteiger partial charge in [0.25, 0.3) is 0 Å². The predicted octanol–water partition coefficient (Wildman–Crippen LogP) is -0.991. The lowest BCUT2D eigenvalue weighted by atomic mass is 10.1. The number of aliphatic hydroxyl groups excluding tert-OH is 1. The first kappa shape index (κ1) is 14.4. The minimum absolute atomic E-state index is 0.0563. The summed E-state index contributed by atoms with van der Waals surface area (Å²) in [5.74, 6) is -0.0563. The van der Waals surface area contributed by atoms with E-state index in [4.69, 9.17) is 16.0 Å². The van der Waals surface area contributed by atoms with Gasteiger partial charge in [0.2, 0.25) is 0 Å². The van der Waals surface area contributed by atoms with E-state index in [0.717, 1.165) is 5.56 Å². The summed E-state index contributed by atoms with van der Waals surface area (Å²) in [5.41, 5.74) is 5.53. The number of rotatable bonds is 6. The van der Waals surface area contributed by atoms with E-state index in [0.29, 0.717) is 12.2 Å². The molecule has 0 saturated heterocycles. The van der Waals surface area contributed by atoms with Crippen molar-refractivity contribution in [1.82, 2.24) is 10.3 Å². The molecule has 7 nitrogen and oxygen atoms in total. The zero-order valence-electron chi connectivity index (χ0n) is 10.2. The van der Waals surface area contributed by atoms with Crippen molar-refractivity contribution >= 4 is 5.84 Å². The molecule has 1 unspecified atom stereocenters. The third kappa shape index (κ3) is 4.28. The number of hydrogen-bond acceptors (Lipinski definition) is 6. The molecule has 7 heteroatoms. The number of pyridine rings is 1. The minimum atomic E-state index is -1.15. The lowest BCUT2D eigenvalue weighted by Gasteiger charge is -2.20. The smallest absolute Gasteiger partial charge is 0.188 e. The Labute approximate surface area is 105 Å². The fourth-order valence-corrected chi connectivity index (χ4v) is 1.31. The van der Waals surface area contributed by atoms with E-state index >= 15 is 0 Å². The number of nitrogens with zero attached hydrogens (tertiary/aromatic N) is 2. The number of amidine groups is 1. The average Bonchev–Trinajstić information content (AvgIpc) is 2.38. The van der Waals surface area contributed by atoms with Crippen molar-refractivity contribution in [1.29, 1.82) is 0 Å². The van der Waals surface area contributed by atoms with Gasteiger partial charge >= 0.3 is 0 Å². The van der Waals surface area contributed by atoms with Crippen molar-refractivity contribution in [2.24, 2.45) is 10.9 Å². The van der Waals surface area contributed by atoms with Gasteiger partial charge in [0.05, 0.1) is 12.2 Å². The van der Waals surface area contributed by atoms with E-state index in [1.807, 2.05) is 0 Å². The fourth-order valence-electron chi connectivity index (χ4n) is 1.31. The SMILES string of the molecule is CC(O)(CO)CNCc1ccnc(C(N)=NO)c1. The van der Waals surface area contributed by atoms with Crippen LogP contribution in [0.2, 0.25) is 0 Å². The van der Waals surface area contributed by atoms with Crippen LogP contribution in [0.4, 0.5) is 0 Å². The lowest BCUT2D eigenvalue weighted by Crippen LogP contribution is -2.40. The van der Waals surface area contributed by atoms with Gasteiger partial charge in [-0.15, -0.1) is 0 Å². The number of nitrogens with two attached hydrogens (primary N) is 1. The Hall–Kier alpha value is -1.70. The summed E-state index contributed by atoms with van der Waals surface area (Å²) in [6, 6.07) is 3.45. The molecule has 0 aliphatic heterocycles. The van der Waals surface area contributed by atoms with Crippen LogP contribution < -0.4 is 11.1 Å². The number of oxime groups is 1. The van der Waals surface area contributed by atoms with Gasteiger partial charge in [0.15, 0.2) is 5.84 Å². The van der Waals surface area contributed by atoms with Crippen LogP contribution >= 0.6 is 0 Å². The highest BCUT2D eigenvalue weighted by Gasteiger charge is 2.17. The van der Waals surface area contributed by atoms with Gasteiger partial charge in [-0.25, -0.2) is 0 Å². The monoisotopic (exact) mass is 254 g/mol. The van der Waals surface area contributed by atoms with Crippen molar-refractivity contribution in [2.75, 3.05) is 13.2 Å². The van der Waals surface area contributed by atoms with Crippen LogP contribution in [0.5, 0.6) is 0 Å². The Morgan fingerprint density at radius 1 is 1.61 bits per heavy atom. The van der Waals surface area contributed by atoms with Gasteiger partial charge < -0.3 is 26.5 Å². The summed E-state index contributed by atoms with van der Waals surface area (Å²) >= 11 is 0. The molecule has 0 aromatic carbocycles. The average molecular weight is 254 g/mol. The third-order valence-corrected chi connectivity index (χ3v) is 2.37. The van der Waals surface area contributed by atoms with Gasteiger partial charge in [0, 0.05) is 19.3 Å². The molecule has 0 radical (unpaired) electrons. The topological polar surface area (TPSA) is 124 Å². The molecule has 0 aliphatic carbocycles. The first-order valence-corrected chi connectivity index (χ1v) is 5.45. The summed E-state index contributed by atoms with van der Waals surface area (Å²) in [7, 11) is 0. The quantitative estimate of drug-likeness (QED) is 0.192. The molecule has 0 bridgehead atoms. The maximum atomic E-state index is 9.59. The molecule has 0 aliphatic rings. The van der Waals surface area contributed by atoms with Gasteiger partial charge in [0.1, 0.15) is 5.69 Å². The predicted molar refractivity (Wildman–Crippen MR) is 66.2 cm³/mol. The molecule has 1 atom stereocenters. The molecule has 1 rings (SSSR count). The van der Waals surface area contributed by atoms with Crippen LogP contribution in [0.3, 0.4) is 0 Å². The Kier molecular flexibility index (Phi) is 5.02. The molecule has 100 valence electrons. The summed E-state index contributed by atoms with van der Waals surface area (Å²) in [6.45, 7) is 1.95. The Morgan fingerprint density at radius 3 is 2.94 bits per heavy atom. The van der Waals surface area contributed by atoms with Crippen molar-refractivity contribution in [3.8, 4) is 0 Å². The Bertz CT molecular complexity index is 421. The third-order valence-electron chi connectivity index (χ3n) is 2.37. The van der Waals surface area contributed by atoms with Crippen LogP contribution in [-0.4, -0.2) is 45.0 Å². The second-order valence-corrected chi connectivity index (χ2v) is 4.29. The van der Waals surface area contributed by atoms with E-state index in [1.54, 1.807) is 18.3 Å². The summed E-state index contributed by atoms with van der Waals surface area (Å²) < 4.78 is 0. The fraction of sp³-hybridized carbons (Fsp3) is 0.455. The summed E-state index contributed by atoms with van der Waals surface area (Å²) in [5, 5.41) is 32.9. The van der Waals surface area contributed by atoms with Gasteiger partial charge in [-0.3, -0.25) is 4.98 Å². The van der Waals surface area contributed by atoms with E-state index < -0.39 is 5.60 Å². The van der Waals surface area contributed by atoms with Crippen LogP contribution in [0.25, 0.3) is 0 Å². The highest BCUT2D eigenvalue weighted by atomic mass is 16.4. The maximum Gasteiger partial charge on any atom is 0.188 e.